The molecule has 4 rings (SSSR count). The molecular weight excluding hydrogens is 342 g/mol. The molecular formula is C21H15N3O3. The molecule has 27 heavy (non-hydrogen) atoms. The Bertz CT molecular complexity index is 1100. The van der Waals surface area contributed by atoms with Crippen molar-refractivity contribution in [1.29, 1.82) is 0 Å². The lowest BCUT2D eigenvalue weighted by atomic mass is 10.2. The predicted molar refractivity (Wildman–Crippen MR) is 100 cm³/mol. The van der Waals surface area contributed by atoms with Crippen molar-refractivity contribution in [1.82, 2.24) is 15.2 Å². The van der Waals surface area contributed by atoms with Gasteiger partial charge in [-0.25, -0.2) is 9.78 Å². The van der Waals surface area contributed by atoms with Crippen molar-refractivity contribution in [3.63, 3.8) is 0 Å². The first kappa shape index (κ1) is 16.7. The first-order valence-electron chi connectivity index (χ1n) is 8.36. The first-order valence-corrected chi connectivity index (χ1v) is 8.36. The number of benzene rings is 2. The summed E-state index contributed by atoms with van der Waals surface area (Å²) in [6.45, 7) is -0.0891. The van der Waals surface area contributed by atoms with Gasteiger partial charge in [0.05, 0.1) is 11.2 Å². The van der Waals surface area contributed by atoms with Crippen LogP contribution in [0.4, 0.5) is 0 Å². The Balaban J connectivity index is 1.36. The summed E-state index contributed by atoms with van der Waals surface area (Å²) in [7, 11) is 0. The van der Waals surface area contributed by atoms with Crippen molar-refractivity contribution < 1.29 is 13.9 Å². The van der Waals surface area contributed by atoms with Crippen LogP contribution in [0.2, 0.25) is 0 Å². The maximum absolute atomic E-state index is 11.9. The number of hydrogen-bond donors (Lipinski definition) is 0. The van der Waals surface area contributed by atoms with E-state index in [4.69, 9.17) is 9.15 Å². The molecule has 0 aliphatic rings. The van der Waals surface area contributed by atoms with E-state index >= 15 is 0 Å². The molecule has 0 atom stereocenters. The monoisotopic (exact) mass is 357 g/mol. The maximum atomic E-state index is 11.9. The molecule has 2 aromatic carbocycles. The van der Waals surface area contributed by atoms with E-state index in [1.807, 2.05) is 66.7 Å². The second kappa shape index (κ2) is 7.61. The summed E-state index contributed by atoms with van der Waals surface area (Å²) < 4.78 is 10.6. The third-order valence-electron chi connectivity index (χ3n) is 3.84. The van der Waals surface area contributed by atoms with Gasteiger partial charge in [0.1, 0.15) is 0 Å². The van der Waals surface area contributed by atoms with Crippen molar-refractivity contribution >= 4 is 22.9 Å². The standard InChI is InChI=1S/C21H15N3O3/c25-20(13-12-17-11-10-15-6-4-5-9-18(15)22-17)26-14-19-23-24-21(27-19)16-7-2-1-3-8-16/h1-13H,14H2. The van der Waals surface area contributed by atoms with Gasteiger partial charge in [-0.1, -0.05) is 42.5 Å². The van der Waals surface area contributed by atoms with Gasteiger partial charge < -0.3 is 9.15 Å². The van der Waals surface area contributed by atoms with Crippen molar-refractivity contribution in [2.24, 2.45) is 0 Å². The van der Waals surface area contributed by atoms with E-state index in [1.165, 1.54) is 6.08 Å². The molecule has 0 radical (unpaired) electrons. The van der Waals surface area contributed by atoms with Crippen LogP contribution < -0.4 is 0 Å². The van der Waals surface area contributed by atoms with Crippen molar-refractivity contribution in [2.45, 2.75) is 6.61 Å². The Morgan fingerprint density at radius 3 is 2.67 bits per heavy atom. The second-order valence-electron chi connectivity index (χ2n) is 5.74. The summed E-state index contributed by atoms with van der Waals surface area (Å²) in [5.41, 5.74) is 2.35. The topological polar surface area (TPSA) is 78.1 Å². The molecule has 0 saturated heterocycles. The molecule has 132 valence electrons. The summed E-state index contributed by atoms with van der Waals surface area (Å²) in [6, 6.07) is 21.0. The summed E-state index contributed by atoms with van der Waals surface area (Å²) >= 11 is 0. The zero-order valence-corrected chi connectivity index (χ0v) is 14.3. The number of hydrogen-bond acceptors (Lipinski definition) is 6. The largest absolute Gasteiger partial charge is 0.452 e. The van der Waals surface area contributed by atoms with Crippen LogP contribution in [0, 0.1) is 0 Å². The van der Waals surface area contributed by atoms with Gasteiger partial charge in [-0.15, -0.1) is 10.2 Å². The number of ether oxygens (including phenoxy) is 1. The van der Waals surface area contributed by atoms with Crippen LogP contribution in [0.5, 0.6) is 0 Å². The molecule has 0 spiro atoms. The molecule has 0 saturated carbocycles. The van der Waals surface area contributed by atoms with E-state index in [1.54, 1.807) is 6.08 Å². The molecule has 0 unspecified atom stereocenters. The summed E-state index contributed by atoms with van der Waals surface area (Å²) in [5, 5.41) is 8.88. The number of nitrogens with zero attached hydrogens (tertiary/aromatic N) is 3. The summed E-state index contributed by atoms with van der Waals surface area (Å²) in [5.74, 6) is 0.112. The minimum atomic E-state index is -0.510. The average molecular weight is 357 g/mol. The zero-order valence-electron chi connectivity index (χ0n) is 14.3. The lowest BCUT2D eigenvalue weighted by Crippen LogP contribution is -2.01. The van der Waals surface area contributed by atoms with Gasteiger partial charge in [-0.05, 0) is 30.3 Å². The van der Waals surface area contributed by atoms with Crippen molar-refractivity contribution in [2.75, 3.05) is 0 Å². The Morgan fingerprint density at radius 2 is 1.78 bits per heavy atom. The van der Waals surface area contributed by atoms with Crippen LogP contribution in [0.3, 0.4) is 0 Å². The smallest absolute Gasteiger partial charge is 0.331 e. The number of para-hydroxylation sites is 1. The normalized spacial score (nSPS) is 11.1. The first-order chi connectivity index (χ1) is 13.3. The number of aromatic nitrogens is 3. The molecule has 2 heterocycles. The van der Waals surface area contributed by atoms with E-state index in [-0.39, 0.29) is 12.5 Å². The number of pyridine rings is 1. The molecule has 0 amide bonds. The maximum Gasteiger partial charge on any atom is 0.331 e. The fraction of sp³-hybridized carbons (Fsp3) is 0.0476. The molecule has 6 heteroatoms. The Kier molecular flexibility index (Phi) is 4.70. The second-order valence-corrected chi connectivity index (χ2v) is 5.74. The van der Waals surface area contributed by atoms with Gasteiger partial charge in [0.2, 0.25) is 5.89 Å². The fourth-order valence-corrected chi connectivity index (χ4v) is 2.52. The van der Waals surface area contributed by atoms with Crippen LogP contribution in [-0.4, -0.2) is 21.2 Å². The van der Waals surface area contributed by atoms with Gasteiger partial charge in [0.25, 0.3) is 5.89 Å². The Morgan fingerprint density at radius 1 is 0.963 bits per heavy atom. The number of rotatable bonds is 5. The predicted octanol–water partition coefficient (Wildman–Crippen LogP) is 4.04. The lowest BCUT2D eigenvalue weighted by molar-refractivity contribution is -0.139. The van der Waals surface area contributed by atoms with E-state index < -0.39 is 5.97 Å². The van der Waals surface area contributed by atoms with E-state index in [0.717, 1.165) is 16.5 Å². The fourth-order valence-electron chi connectivity index (χ4n) is 2.52. The SMILES string of the molecule is O=C(C=Cc1ccc2ccccc2n1)OCc1nnc(-c2ccccc2)o1. The van der Waals surface area contributed by atoms with Crippen LogP contribution in [0.15, 0.2) is 77.2 Å². The van der Waals surface area contributed by atoms with Gasteiger partial charge in [0, 0.05) is 17.0 Å². The number of carbonyl (C=O) groups is 1. The minimum absolute atomic E-state index is 0.0891. The quantitative estimate of drug-likeness (QED) is 0.396. The van der Waals surface area contributed by atoms with E-state index in [0.29, 0.717) is 11.6 Å². The summed E-state index contributed by atoms with van der Waals surface area (Å²) in [4.78, 5) is 16.4. The van der Waals surface area contributed by atoms with Gasteiger partial charge in [0.15, 0.2) is 6.61 Å². The molecule has 0 bridgehead atoms. The highest BCUT2D eigenvalue weighted by molar-refractivity contribution is 5.87. The molecule has 0 aliphatic carbocycles. The molecule has 2 aromatic heterocycles. The highest BCUT2D eigenvalue weighted by atomic mass is 16.5. The van der Waals surface area contributed by atoms with Crippen LogP contribution in [-0.2, 0) is 16.1 Å². The van der Waals surface area contributed by atoms with Crippen molar-refractivity contribution in [3.05, 3.63) is 84.4 Å². The zero-order chi connectivity index (χ0) is 18.5. The molecule has 0 fully saturated rings. The van der Waals surface area contributed by atoms with Crippen LogP contribution in [0.1, 0.15) is 11.6 Å². The average Bonchev–Trinajstić information content (AvgIpc) is 3.20. The Labute approximate surface area is 155 Å². The lowest BCUT2D eigenvalue weighted by Gasteiger charge is -1.99. The molecule has 4 aromatic rings. The van der Waals surface area contributed by atoms with Gasteiger partial charge >= 0.3 is 5.97 Å². The third-order valence-corrected chi connectivity index (χ3v) is 3.84. The van der Waals surface area contributed by atoms with Crippen molar-refractivity contribution in [3.8, 4) is 11.5 Å². The number of carbonyl (C=O) groups excluding carboxylic acids is 1. The van der Waals surface area contributed by atoms with Gasteiger partial charge in [-0.3, -0.25) is 0 Å². The van der Waals surface area contributed by atoms with E-state index in [2.05, 4.69) is 15.2 Å². The van der Waals surface area contributed by atoms with Crippen LogP contribution >= 0.6 is 0 Å². The summed E-state index contributed by atoms with van der Waals surface area (Å²) in [6.07, 6.45) is 2.93. The molecule has 0 N–H and O–H groups in total. The highest BCUT2D eigenvalue weighted by Gasteiger charge is 2.09. The molecule has 6 nitrogen and oxygen atoms in total. The van der Waals surface area contributed by atoms with Crippen LogP contribution in [0.25, 0.3) is 28.4 Å². The molecule has 0 aliphatic heterocycles. The van der Waals surface area contributed by atoms with E-state index in [9.17, 15) is 4.79 Å². The van der Waals surface area contributed by atoms with Gasteiger partial charge in [-0.2, -0.15) is 0 Å². The number of fused-ring (bicyclic) bond motifs is 1. The minimum Gasteiger partial charge on any atom is -0.452 e. The Hall–Kier alpha value is -3.80. The number of esters is 1. The highest BCUT2D eigenvalue weighted by Crippen LogP contribution is 2.17. The third kappa shape index (κ3) is 4.07.